The number of aliphatic hydroxyl groups excluding tert-OH is 2. The van der Waals surface area contributed by atoms with Gasteiger partial charge in [-0.15, -0.1) is 0 Å². The third-order valence-corrected chi connectivity index (χ3v) is 8.95. The molecule has 4 saturated carbocycles. The fraction of sp³-hybridized carbons (Fsp3) is 1.00. The molecule has 2 nitrogen and oxygen atoms in total. The maximum Gasteiger partial charge on any atom is 0.0596 e. The Morgan fingerprint density at radius 3 is 2.23 bits per heavy atom. The maximum atomic E-state index is 10.5. The minimum absolute atomic E-state index is 0.0563. The van der Waals surface area contributed by atoms with Gasteiger partial charge in [-0.2, -0.15) is 0 Å². The number of hydrogen-bond acceptors (Lipinski definition) is 2. The first-order chi connectivity index (χ1) is 10.4. The Morgan fingerprint density at radius 1 is 0.773 bits per heavy atom. The van der Waals surface area contributed by atoms with Gasteiger partial charge in [-0.05, 0) is 91.8 Å². The second-order valence-electron chi connectivity index (χ2n) is 9.77. The van der Waals surface area contributed by atoms with Crippen molar-refractivity contribution in [3.63, 3.8) is 0 Å². The molecule has 4 rings (SSSR count). The van der Waals surface area contributed by atoms with E-state index in [-0.39, 0.29) is 17.6 Å². The van der Waals surface area contributed by atoms with E-state index >= 15 is 0 Å². The van der Waals surface area contributed by atoms with Gasteiger partial charge in [0, 0.05) is 0 Å². The largest absolute Gasteiger partial charge is 0.393 e. The molecule has 22 heavy (non-hydrogen) atoms. The summed E-state index contributed by atoms with van der Waals surface area (Å²) in [6, 6.07) is 0. The summed E-state index contributed by atoms with van der Waals surface area (Å²) in [6.07, 6.45) is 9.28. The zero-order valence-corrected chi connectivity index (χ0v) is 14.6. The quantitative estimate of drug-likeness (QED) is 0.710. The number of hydrogen-bond donors (Lipinski definition) is 2. The van der Waals surface area contributed by atoms with Gasteiger partial charge in [0.05, 0.1) is 12.2 Å². The van der Waals surface area contributed by atoms with Gasteiger partial charge < -0.3 is 10.2 Å². The number of aliphatic hydroxyl groups is 2. The van der Waals surface area contributed by atoms with E-state index in [1.54, 1.807) is 0 Å². The molecule has 0 radical (unpaired) electrons. The highest BCUT2D eigenvalue weighted by atomic mass is 16.3. The van der Waals surface area contributed by atoms with Crippen molar-refractivity contribution in [2.45, 2.75) is 84.3 Å². The number of rotatable bonds is 0. The molecule has 0 aliphatic heterocycles. The average Bonchev–Trinajstić information content (AvgIpc) is 2.77. The lowest BCUT2D eigenvalue weighted by Crippen LogP contribution is -2.56. The van der Waals surface area contributed by atoms with E-state index < -0.39 is 0 Å². The topological polar surface area (TPSA) is 40.5 Å². The van der Waals surface area contributed by atoms with Crippen LogP contribution in [0.3, 0.4) is 0 Å². The average molecular weight is 306 g/mol. The molecule has 0 aromatic heterocycles. The van der Waals surface area contributed by atoms with Gasteiger partial charge in [0.25, 0.3) is 0 Å². The summed E-state index contributed by atoms with van der Waals surface area (Å²) < 4.78 is 0. The van der Waals surface area contributed by atoms with Crippen molar-refractivity contribution in [2.24, 2.45) is 40.4 Å². The highest BCUT2D eigenvalue weighted by Crippen LogP contribution is 2.67. The molecule has 2 N–H and O–H groups in total. The van der Waals surface area contributed by atoms with Crippen LogP contribution in [0.25, 0.3) is 0 Å². The van der Waals surface area contributed by atoms with E-state index in [1.165, 1.54) is 32.1 Å². The van der Waals surface area contributed by atoms with Crippen molar-refractivity contribution in [2.75, 3.05) is 0 Å². The van der Waals surface area contributed by atoms with Crippen LogP contribution in [0.4, 0.5) is 0 Å². The summed E-state index contributed by atoms with van der Waals surface area (Å²) in [5.74, 6) is 3.86. The van der Waals surface area contributed by atoms with Crippen molar-refractivity contribution in [3.8, 4) is 0 Å². The lowest BCUT2D eigenvalue weighted by Gasteiger charge is -2.62. The normalized spacial score (nSPS) is 61.2. The van der Waals surface area contributed by atoms with E-state index in [4.69, 9.17) is 0 Å². The van der Waals surface area contributed by atoms with E-state index in [0.717, 1.165) is 42.9 Å². The Hall–Kier alpha value is -0.0800. The van der Waals surface area contributed by atoms with Gasteiger partial charge in [-0.3, -0.25) is 0 Å². The van der Waals surface area contributed by atoms with Crippen LogP contribution in [0.1, 0.15) is 72.1 Å². The van der Waals surface area contributed by atoms with Gasteiger partial charge in [-0.25, -0.2) is 0 Å². The van der Waals surface area contributed by atoms with Gasteiger partial charge in [0.1, 0.15) is 0 Å². The summed E-state index contributed by atoms with van der Waals surface area (Å²) >= 11 is 0. The Bertz CT molecular complexity index is 449. The molecule has 2 heteroatoms. The van der Waals surface area contributed by atoms with Gasteiger partial charge in [0.2, 0.25) is 0 Å². The predicted molar refractivity (Wildman–Crippen MR) is 88.3 cm³/mol. The summed E-state index contributed by atoms with van der Waals surface area (Å²) in [5.41, 5.74) is 0.634. The van der Waals surface area contributed by atoms with Crippen molar-refractivity contribution in [1.29, 1.82) is 0 Å². The van der Waals surface area contributed by atoms with Crippen LogP contribution in [-0.4, -0.2) is 22.4 Å². The Labute approximate surface area is 135 Å². The highest BCUT2D eigenvalue weighted by Gasteiger charge is 2.61. The molecule has 0 saturated heterocycles. The summed E-state index contributed by atoms with van der Waals surface area (Å²) in [7, 11) is 0. The first kappa shape index (κ1) is 15.4. The molecule has 0 bridgehead atoms. The molecule has 0 aromatic rings. The Morgan fingerprint density at radius 2 is 1.45 bits per heavy atom. The predicted octanol–water partition coefficient (Wildman–Crippen LogP) is 4.00. The standard InChI is InChI=1S/C20H34O2/c1-12-10-14-15-4-5-18(22)20(15,3)9-7-16(14)19(2)8-6-13(21)11-17(12)19/h12-18,21-22H,4-11H2,1-3H3/t12?,13-,14-,15-,16-,17+,18-,19+,20-/m0/s1. The van der Waals surface area contributed by atoms with Crippen LogP contribution in [0.15, 0.2) is 0 Å². The Kier molecular flexibility index (Phi) is 3.48. The molecular weight excluding hydrogens is 272 g/mol. The van der Waals surface area contributed by atoms with E-state index in [2.05, 4.69) is 20.8 Å². The van der Waals surface area contributed by atoms with Crippen LogP contribution in [0.2, 0.25) is 0 Å². The van der Waals surface area contributed by atoms with Crippen LogP contribution in [0, 0.1) is 40.4 Å². The van der Waals surface area contributed by atoms with Crippen molar-refractivity contribution in [3.05, 3.63) is 0 Å². The van der Waals surface area contributed by atoms with Crippen molar-refractivity contribution >= 4 is 0 Å². The SMILES string of the molecule is CC1C[C@@H]2[C@H](CC[C@]3(C)[C@@H](O)CC[C@@H]23)[C@@]2(C)CC[C@H](O)C[C@H]12. The molecule has 4 aliphatic rings. The van der Waals surface area contributed by atoms with Gasteiger partial charge in [0.15, 0.2) is 0 Å². The summed E-state index contributed by atoms with van der Waals surface area (Å²) in [4.78, 5) is 0. The second-order valence-corrected chi connectivity index (χ2v) is 9.77. The molecule has 9 atom stereocenters. The first-order valence-corrected chi connectivity index (χ1v) is 9.72. The zero-order valence-electron chi connectivity index (χ0n) is 14.6. The van der Waals surface area contributed by atoms with E-state index in [9.17, 15) is 10.2 Å². The van der Waals surface area contributed by atoms with E-state index in [1.807, 2.05) is 0 Å². The second kappa shape index (κ2) is 4.96. The molecule has 0 amide bonds. The van der Waals surface area contributed by atoms with Crippen LogP contribution in [-0.2, 0) is 0 Å². The molecule has 1 unspecified atom stereocenters. The molecule has 0 aromatic carbocycles. The fourth-order valence-electron chi connectivity index (χ4n) is 7.69. The summed E-state index contributed by atoms with van der Waals surface area (Å²) in [6.45, 7) is 7.36. The lowest BCUT2D eigenvalue weighted by molar-refractivity contribution is -0.152. The zero-order chi connectivity index (χ0) is 15.7. The first-order valence-electron chi connectivity index (χ1n) is 9.72. The van der Waals surface area contributed by atoms with Gasteiger partial charge in [-0.1, -0.05) is 20.8 Å². The van der Waals surface area contributed by atoms with Crippen LogP contribution < -0.4 is 0 Å². The molecule has 4 fully saturated rings. The Balaban J connectivity index is 1.66. The molecular formula is C20H34O2. The van der Waals surface area contributed by atoms with Crippen LogP contribution >= 0.6 is 0 Å². The van der Waals surface area contributed by atoms with Gasteiger partial charge >= 0.3 is 0 Å². The minimum Gasteiger partial charge on any atom is -0.393 e. The maximum absolute atomic E-state index is 10.5. The van der Waals surface area contributed by atoms with Crippen molar-refractivity contribution in [1.82, 2.24) is 0 Å². The smallest absolute Gasteiger partial charge is 0.0596 e. The highest BCUT2D eigenvalue weighted by molar-refractivity contribution is 5.10. The third kappa shape index (κ3) is 1.92. The summed E-state index contributed by atoms with van der Waals surface area (Å²) in [5, 5.41) is 20.7. The minimum atomic E-state index is -0.0625. The number of fused-ring (bicyclic) bond motifs is 5. The van der Waals surface area contributed by atoms with E-state index in [0.29, 0.717) is 11.3 Å². The fourth-order valence-corrected chi connectivity index (χ4v) is 7.69. The third-order valence-electron chi connectivity index (χ3n) is 8.95. The molecule has 0 heterocycles. The molecule has 4 aliphatic carbocycles. The monoisotopic (exact) mass is 306 g/mol. The molecule has 126 valence electrons. The van der Waals surface area contributed by atoms with Crippen molar-refractivity contribution < 1.29 is 10.2 Å². The lowest BCUT2D eigenvalue weighted by atomic mass is 9.43. The molecule has 0 spiro atoms. The van der Waals surface area contributed by atoms with Crippen LogP contribution in [0.5, 0.6) is 0 Å².